The fourth-order valence-corrected chi connectivity index (χ4v) is 2.05. The Hall–Kier alpha value is -1.62. The van der Waals surface area contributed by atoms with Crippen molar-refractivity contribution in [1.82, 2.24) is 0 Å². The van der Waals surface area contributed by atoms with Crippen LogP contribution in [0.4, 0.5) is 14.5 Å². The lowest BCUT2D eigenvalue weighted by Crippen LogP contribution is -1.98. The highest BCUT2D eigenvalue weighted by atomic mass is 79.9. The van der Waals surface area contributed by atoms with Crippen LogP contribution in [0.25, 0.3) is 0 Å². The number of anilines is 1. The summed E-state index contributed by atoms with van der Waals surface area (Å²) in [5.74, 6) is -1.55. The summed E-state index contributed by atoms with van der Waals surface area (Å²) in [7, 11) is 0. The predicted molar refractivity (Wildman–Crippen MR) is 69.2 cm³/mol. The van der Waals surface area contributed by atoms with Crippen molar-refractivity contribution in [2.45, 2.75) is 6.61 Å². The molecule has 2 N–H and O–H groups in total. The summed E-state index contributed by atoms with van der Waals surface area (Å²) in [6, 6.07) is 8.78. The van der Waals surface area contributed by atoms with Crippen molar-refractivity contribution >= 4 is 21.6 Å². The number of ether oxygens (including phenoxy) is 1. The van der Waals surface area contributed by atoms with E-state index in [0.717, 1.165) is 22.2 Å². The molecule has 0 bridgehead atoms. The summed E-state index contributed by atoms with van der Waals surface area (Å²) >= 11 is 3.32. The van der Waals surface area contributed by atoms with Crippen molar-refractivity contribution in [2.24, 2.45) is 0 Å². The largest absolute Gasteiger partial charge is 0.489 e. The van der Waals surface area contributed by atoms with Gasteiger partial charge in [-0.05, 0) is 35.9 Å². The Bertz CT molecular complexity index is 555. The second kappa shape index (κ2) is 5.35. The smallest absolute Gasteiger partial charge is 0.162 e. The molecule has 5 heteroatoms. The highest BCUT2D eigenvalue weighted by molar-refractivity contribution is 9.10. The van der Waals surface area contributed by atoms with Crippen LogP contribution in [0.3, 0.4) is 0 Å². The standard InChI is InChI=1S/C13H10BrF2NO/c14-9-3-8(4-10(17)5-9)7-18-11-1-2-12(15)13(16)6-11/h1-6H,7,17H2. The molecule has 0 aliphatic rings. The Morgan fingerprint density at radius 1 is 1.06 bits per heavy atom. The molecular weight excluding hydrogens is 304 g/mol. The molecule has 0 aromatic heterocycles. The first-order valence-electron chi connectivity index (χ1n) is 5.17. The van der Waals surface area contributed by atoms with Gasteiger partial charge in [0.1, 0.15) is 12.4 Å². The highest BCUT2D eigenvalue weighted by Gasteiger charge is 2.04. The lowest BCUT2D eigenvalue weighted by Gasteiger charge is -2.08. The molecule has 18 heavy (non-hydrogen) atoms. The van der Waals surface area contributed by atoms with Crippen LogP contribution < -0.4 is 10.5 Å². The fourth-order valence-electron chi connectivity index (χ4n) is 1.49. The van der Waals surface area contributed by atoms with E-state index in [1.54, 1.807) is 12.1 Å². The minimum absolute atomic E-state index is 0.231. The van der Waals surface area contributed by atoms with Crippen LogP contribution in [-0.2, 0) is 6.61 Å². The summed E-state index contributed by atoms with van der Waals surface area (Å²) in [6.07, 6.45) is 0. The van der Waals surface area contributed by atoms with E-state index in [0.29, 0.717) is 5.69 Å². The van der Waals surface area contributed by atoms with E-state index >= 15 is 0 Å². The minimum atomic E-state index is -0.929. The van der Waals surface area contributed by atoms with Crippen LogP contribution >= 0.6 is 15.9 Å². The lowest BCUT2D eigenvalue weighted by molar-refractivity contribution is 0.303. The van der Waals surface area contributed by atoms with Crippen molar-refractivity contribution < 1.29 is 13.5 Å². The summed E-state index contributed by atoms with van der Waals surface area (Å²) < 4.78 is 31.9. The second-order valence-corrected chi connectivity index (χ2v) is 4.67. The van der Waals surface area contributed by atoms with Gasteiger partial charge in [-0.15, -0.1) is 0 Å². The molecule has 0 heterocycles. The van der Waals surface area contributed by atoms with E-state index in [9.17, 15) is 8.78 Å². The number of halogens is 3. The Morgan fingerprint density at radius 2 is 1.83 bits per heavy atom. The van der Waals surface area contributed by atoms with Gasteiger partial charge in [0.2, 0.25) is 0 Å². The summed E-state index contributed by atoms with van der Waals surface area (Å²) in [6.45, 7) is 0.231. The van der Waals surface area contributed by atoms with E-state index in [1.807, 2.05) is 6.07 Å². The monoisotopic (exact) mass is 313 g/mol. The van der Waals surface area contributed by atoms with Gasteiger partial charge in [-0.1, -0.05) is 15.9 Å². The van der Waals surface area contributed by atoms with Gasteiger partial charge in [0.05, 0.1) is 0 Å². The maximum Gasteiger partial charge on any atom is 0.162 e. The molecule has 0 saturated carbocycles. The molecule has 0 fully saturated rings. The topological polar surface area (TPSA) is 35.2 Å². The Kier molecular flexibility index (Phi) is 3.81. The van der Waals surface area contributed by atoms with Crippen molar-refractivity contribution in [2.75, 3.05) is 5.73 Å². The van der Waals surface area contributed by atoms with Crippen LogP contribution in [-0.4, -0.2) is 0 Å². The number of hydrogen-bond acceptors (Lipinski definition) is 2. The molecule has 2 rings (SSSR count). The van der Waals surface area contributed by atoms with Crippen molar-refractivity contribution in [1.29, 1.82) is 0 Å². The second-order valence-electron chi connectivity index (χ2n) is 3.76. The van der Waals surface area contributed by atoms with E-state index < -0.39 is 11.6 Å². The molecule has 2 aromatic carbocycles. The number of nitrogen functional groups attached to an aromatic ring is 1. The zero-order valence-electron chi connectivity index (χ0n) is 9.29. The Labute approximate surface area is 112 Å². The summed E-state index contributed by atoms with van der Waals surface area (Å²) in [4.78, 5) is 0. The molecule has 94 valence electrons. The first-order chi connectivity index (χ1) is 8.54. The molecule has 2 aromatic rings. The summed E-state index contributed by atoms with van der Waals surface area (Å²) in [5, 5.41) is 0. The number of rotatable bonds is 3. The van der Waals surface area contributed by atoms with E-state index in [1.165, 1.54) is 6.07 Å². The van der Waals surface area contributed by atoms with Crippen molar-refractivity contribution in [3.63, 3.8) is 0 Å². The van der Waals surface area contributed by atoms with E-state index in [-0.39, 0.29) is 12.4 Å². The Morgan fingerprint density at radius 3 is 2.50 bits per heavy atom. The third kappa shape index (κ3) is 3.20. The molecule has 0 spiro atoms. The maximum absolute atomic E-state index is 13.0. The molecular formula is C13H10BrF2NO. The van der Waals surface area contributed by atoms with Crippen molar-refractivity contribution in [3.8, 4) is 5.75 Å². The zero-order chi connectivity index (χ0) is 13.1. The third-order valence-electron chi connectivity index (χ3n) is 2.28. The van der Waals surface area contributed by atoms with Gasteiger partial charge in [-0.2, -0.15) is 0 Å². The zero-order valence-corrected chi connectivity index (χ0v) is 10.9. The fraction of sp³-hybridized carbons (Fsp3) is 0.0769. The normalized spacial score (nSPS) is 10.4. The molecule has 0 radical (unpaired) electrons. The van der Waals surface area contributed by atoms with Gasteiger partial charge in [-0.25, -0.2) is 8.78 Å². The predicted octanol–water partition coefficient (Wildman–Crippen LogP) is 3.89. The molecule has 0 atom stereocenters. The van der Waals surface area contributed by atoms with Crippen LogP contribution in [0.5, 0.6) is 5.75 Å². The molecule has 2 nitrogen and oxygen atoms in total. The molecule has 0 amide bonds. The average molecular weight is 314 g/mol. The average Bonchev–Trinajstić information content (AvgIpc) is 2.29. The number of benzene rings is 2. The van der Waals surface area contributed by atoms with Crippen LogP contribution in [0.2, 0.25) is 0 Å². The number of hydrogen-bond donors (Lipinski definition) is 1. The molecule has 0 unspecified atom stereocenters. The Balaban J connectivity index is 2.08. The first kappa shape index (κ1) is 12.8. The number of nitrogens with two attached hydrogens (primary N) is 1. The lowest BCUT2D eigenvalue weighted by atomic mass is 10.2. The van der Waals surface area contributed by atoms with E-state index in [2.05, 4.69) is 15.9 Å². The van der Waals surface area contributed by atoms with Gasteiger partial charge in [0.15, 0.2) is 11.6 Å². The first-order valence-corrected chi connectivity index (χ1v) is 5.97. The van der Waals surface area contributed by atoms with Gasteiger partial charge in [0.25, 0.3) is 0 Å². The SMILES string of the molecule is Nc1cc(Br)cc(COc2ccc(F)c(F)c2)c1. The summed E-state index contributed by atoms with van der Waals surface area (Å²) in [5.41, 5.74) is 7.12. The third-order valence-corrected chi connectivity index (χ3v) is 2.73. The quantitative estimate of drug-likeness (QED) is 0.873. The molecule has 0 aliphatic carbocycles. The van der Waals surface area contributed by atoms with Gasteiger partial charge < -0.3 is 10.5 Å². The van der Waals surface area contributed by atoms with Crippen molar-refractivity contribution in [3.05, 3.63) is 58.1 Å². The molecule has 0 saturated heterocycles. The van der Waals surface area contributed by atoms with Crippen LogP contribution in [0, 0.1) is 11.6 Å². The van der Waals surface area contributed by atoms with E-state index in [4.69, 9.17) is 10.5 Å². The van der Waals surface area contributed by atoms with Crippen LogP contribution in [0.1, 0.15) is 5.56 Å². The molecule has 0 aliphatic heterocycles. The maximum atomic E-state index is 13.0. The minimum Gasteiger partial charge on any atom is -0.489 e. The van der Waals surface area contributed by atoms with Gasteiger partial charge >= 0.3 is 0 Å². The highest BCUT2D eigenvalue weighted by Crippen LogP contribution is 2.20. The van der Waals surface area contributed by atoms with Gasteiger partial charge in [0, 0.05) is 16.2 Å². The van der Waals surface area contributed by atoms with Crippen LogP contribution in [0.15, 0.2) is 40.9 Å². The van der Waals surface area contributed by atoms with Gasteiger partial charge in [-0.3, -0.25) is 0 Å².